The Morgan fingerprint density at radius 2 is 2.00 bits per heavy atom. The minimum Gasteiger partial charge on any atom is -0.394 e. The summed E-state index contributed by atoms with van der Waals surface area (Å²) in [5.74, 6) is 1.53. The van der Waals surface area contributed by atoms with Gasteiger partial charge in [-0.3, -0.25) is 4.57 Å². The van der Waals surface area contributed by atoms with E-state index in [4.69, 9.17) is 9.63 Å². The maximum Gasteiger partial charge on any atom is 0.204 e. The van der Waals surface area contributed by atoms with Crippen LogP contribution in [0.4, 0.5) is 0 Å². The van der Waals surface area contributed by atoms with Gasteiger partial charge in [-0.15, -0.1) is 0 Å². The number of hydrogen-bond donors (Lipinski definition) is 1. The Bertz CT molecular complexity index is 252. The minimum atomic E-state index is -2.47. The maximum atomic E-state index is 12.4. The van der Waals surface area contributed by atoms with Gasteiger partial charge in [0.05, 0.1) is 12.7 Å². The second-order valence-electron chi connectivity index (χ2n) is 5.16. The highest BCUT2D eigenvalue weighted by Gasteiger charge is 2.42. The van der Waals surface area contributed by atoms with Gasteiger partial charge in [-0.1, -0.05) is 20.8 Å². The predicted octanol–water partition coefficient (Wildman–Crippen LogP) is 2.58. The van der Waals surface area contributed by atoms with Gasteiger partial charge in [0.25, 0.3) is 0 Å². The van der Waals surface area contributed by atoms with E-state index < -0.39 is 7.37 Å². The molecular weight excluding hydrogens is 211 g/mol. The molecule has 0 aromatic rings. The number of rotatable bonds is 4. The molecule has 0 aromatic carbocycles. The summed E-state index contributed by atoms with van der Waals surface area (Å²) in [6.45, 7) is 8.22. The highest BCUT2D eigenvalue weighted by molar-refractivity contribution is 7.59. The van der Waals surface area contributed by atoms with Crippen molar-refractivity contribution in [3.63, 3.8) is 0 Å². The molecule has 90 valence electrons. The van der Waals surface area contributed by atoms with E-state index in [9.17, 15) is 4.57 Å². The van der Waals surface area contributed by atoms with Gasteiger partial charge in [0.15, 0.2) is 0 Å². The van der Waals surface area contributed by atoms with Crippen molar-refractivity contribution in [1.82, 2.24) is 0 Å². The molecule has 4 atom stereocenters. The second kappa shape index (κ2) is 4.99. The summed E-state index contributed by atoms with van der Waals surface area (Å²) in [5, 5.41) is 8.90. The fourth-order valence-corrected chi connectivity index (χ4v) is 6.08. The van der Waals surface area contributed by atoms with Crippen LogP contribution < -0.4 is 0 Å². The molecule has 1 aliphatic heterocycles. The molecule has 0 aliphatic carbocycles. The molecule has 1 rings (SSSR count). The maximum absolute atomic E-state index is 12.4. The van der Waals surface area contributed by atoms with Crippen LogP contribution in [0.25, 0.3) is 0 Å². The first-order valence-electron chi connectivity index (χ1n) is 5.75. The van der Waals surface area contributed by atoms with Crippen LogP contribution in [0, 0.1) is 17.8 Å². The van der Waals surface area contributed by atoms with Gasteiger partial charge in [-0.05, 0) is 24.7 Å². The molecule has 1 fully saturated rings. The number of hydrogen-bond acceptors (Lipinski definition) is 3. The molecule has 1 saturated heterocycles. The molecule has 15 heavy (non-hydrogen) atoms. The van der Waals surface area contributed by atoms with Crippen molar-refractivity contribution >= 4 is 7.37 Å². The van der Waals surface area contributed by atoms with E-state index in [0.29, 0.717) is 30.1 Å². The third-order valence-electron chi connectivity index (χ3n) is 3.27. The Hall–Kier alpha value is 0.150. The van der Waals surface area contributed by atoms with Crippen LogP contribution in [0.2, 0.25) is 0 Å². The van der Waals surface area contributed by atoms with Crippen molar-refractivity contribution < 1.29 is 14.2 Å². The van der Waals surface area contributed by atoms with Crippen LogP contribution in [-0.2, 0) is 9.09 Å². The summed E-state index contributed by atoms with van der Waals surface area (Å²) in [6.07, 6.45) is 1.07. The van der Waals surface area contributed by atoms with E-state index in [1.165, 1.54) is 0 Å². The molecule has 0 aromatic heterocycles. The molecule has 0 spiro atoms. The van der Waals surface area contributed by atoms with Crippen LogP contribution in [0.15, 0.2) is 0 Å². The summed E-state index contributed by atoms with van der Waals surface area (Å²) in [6, 6.07) is 0. The lowest BCUT2D eigenvalue weighted by Gasteiger charge is -2.19. The zero-order chi connectivity index (χ0) is 11.6. The van der Waals surface area contributed by atoms with Gasteiger partial charge in [0.2, 0.25) is 7.37 Å². The Balaban J connectivity index is 2.63. The van der Waals surface area contributed by atoms with E-state index in [-0.39, 0.29) is 12.7 Å². The second-order valence-corrected chi connectivity index (χ2v) is 7.73. The van der Waals surface area contributed by atoms with Gasteiger partial charge in [-0.25, -0.2) is 0 Å². The Morgan fingerprint density at radius 3 is 2.40 bits per heavy atom. The van der Waals surface area contributed by atoms with Crippen molar-refractivity contribution in [3.8, 4) is 0 Å². The largest absolute Gasteiger partial charge is 0.394 e. The van der Waals surface area contributed by atoms with E-state index in [1.807, 2.05) is 0 Å². The lowest BCUT2D eigenvalue weighted by molar-refractivity contribution is 0.132. The standard InChI is InChI=1S/C11H23O3P/c1-8(2)11-7-15(13,6-9(11)3)14-10(4)5-12/h8-12H,5-7H2,1-4H3/t9?,10?,11-,15?/m0/s1. The third-order valence-corrected chi connectivity index (χ3v) is 6.13. The van der Waals surface area contributed by atoms with Crippen molar-refractivity contribution in [2.45, 2.75) is 33.8 Å². The van der Waals surface area contributed by atoms with Crippen LogP contribution >= 0.6 is 7.37 Å². The molecule has 0 bridgehead atoms. The zero-order valence-electron chi connectivity index (χ0n) is 10.1. The first-order chi connectivity index (χ1) is 6.88. The van der Waals surface area contributed by atoms with E-state index in [1.54, 1.807) is 6.92 Å². The Kier molecular flexibility index (Phi) is 4.39. The monoisotopic (exact) mass is 234 g/mol. The fraction of sp³-hybridized carbons (Fsp3) is 1.00. The molecule has 0 amide bonds. The summed E-state index contributed by atoms with van der Waals surface area (Å²) < 4.78 is 17.9. The number of aliphatic hydroxyl groups excluding tert-OH is 1. The number of aliphatic hydroxyl groups is 1. The molecule has 1 heterocycles. The van der Waals surface area contributed by atoms with E-state index >= 15 is 0 Å². The fourth-order valence-electron chi connectivity index (χ4n) is 2.47. The molecule has 3 nitrogen and oxygen atoms in total. The highest BCUT2D eigenvalue weighted by atomic mass is 31.2. The normalized spacial score (nSPS) is 38.5. The molecule has 1 aliphatic rings. The van der Waals surface area contributed by atoms with Crippen molar-refractivity contribution in [1.29, 1.82) is 0 Å². The third kappa shape index (κ3) is 3.30. The molecule has 1 N–H and O–H groups in total. The Labute approximate surface area is 92.7 Å². The quantitative estimate of drug-likeness (QED) is 0.760. The summed E-state index contributed by atoms with van der Waals surface area (Å²) >= 11 is 0. The molecular formula is C11H23O3P. The van der Waals surface area contributed by atoms with E-state index in [2.05, 4.69) is 20.8 Å². The van der Waals surface area contributed by atoms with Crippen LogP contribution in [-0.4, -0.2) is 30.1 Å². The molecule has 0 saturated carbocycles. The Morgan fingerprint density at radius 1 is 1.40 bits per heavy atom. The van der Waals surface area contributed by atoms with Gasteiger partial charge >= 0.3 is 0 Å². The predicted molar refractivity (Wildman–Crippen MR) is 62.5 cm³/mol. The first-order valence-corrected chi connectivity index (χ1v) is 7.75. The minimum absolute atomic E-state index is 0.0509. The summed E-state index contributed by atoms with van der Waals surface area (Å²) in [5.41, 5.74) is 0. The topological polar surface area (TPSA) is 46.5 Å². The summed E-state index contributed by atoms with van der Waals surface area (Å²) in [4.78, 5) is 0. The van der Waals surface area contributed by atoms with Crippen LogP contribution in [0.3, 0.4) is 0 Å². The zero-order valence-corrected chi connectivity index (χ0v) is 11.0. The van der Waals surface area contributed by atoms with Crippen LogP contribution in [0.5, 0.6) is 0 Å². The lowest BCUT2D eigenvalue weighted by atomic mass is 9.88. The van der Waals surface area contributed by atoms with Gasteiger partial charge < -0.3 is 9.63 Å². The first kappa shape index (κ1) is 13.2. The highest BCUT2D eigenvalue weighted by Crippen LogP contribution is 2.59. The van der Waals surface area contributed by atoms with Crippen molar-refractivity contribution in [3.05, 3.63) is 0 Å². The smallest absolute Gasteiger partial charge is 0.204 e. The van der Waals surface area contributed by atoms with Crippen LogP contribution in [0.1, 0.15) is 27.7 Å². The lowest BCUT2D eigenvalue weighted by Crippen LogP contribution is -2.15. The van der Waals surface area contributed by atoms with Gasteiger partial charge in [0, 0.05) is 12.3 Å². The van der Waals surface area contributed by atoms with Gasteiger partial charge in [-0.2, -0.15) is 0 Å². The van der Waals surface area contributed by atoms with Crippen molar-refractivity contribution in [2.24, 2.45) is 17.8 Å². The SMILES string of the molecule is CC(CO)OP1(=O)CC(C)[C@H](C(C)C)C1. The average molecular weight is 234 g/mol. The van der Waals surface area contributed by atoms with Gasteiger partial charge in [0.1, 0.15) is 0 Å². The molecule has 0 radical (unpaired) electrons. The summed E-state index contributed by atoms with van der Waals surface area (Å²) in [7, 11) is -2.47. The molecule has 3 unspecified atom stereocenters. The van der Waals surface area contributed by atoms with Crippen molar-refractivity contribution in [2.75, 3.05) is 18.9 Å². The van der Waals surface area contributed by atoms with E-state index in [0.717, 1.165) is 0 Å². The average Bonchev–Trinajstić information content (AvgIpc) is 2.41. The molecule has 4 heteroatoms.